The van der Waals surface area contributed by atoms with E-state index < -0.39 is 0 Å². The lowest BCUT2D eigenvalue weighted by atomic mass is 9.88. The summed E-state index contributed by atoms with van der Waals surface area (Å²) < 4.78 is 7.32. The quantitative estimate of drug-likeness (QED) is 0.565. The Balaban J connectivity index is 1.83. The Kier molecular flexibility index (Phi) is 2.89. The van der Waals surface area contributed by atoms with Crippen molar-refractivity contribution in [2.75, 3.05) is 13.1 Å². The SMILES string of the molecule is O=C1OCc2cc(C3CCN(P)CC3)ccc21. The van der Waals surface area contributed by atoms with E-state index in [0.717, 1.165) is 24.2 Å². The first-order valence-corrected chi connectivity index (χ1v) is 6.55. The number of hydrogen-bond acceptors (Lipinski definition) is 3. The summed E-state index contributed by atoms with van der Waals surface area (Å²) in [7, 11) is 2.77. The third-order valence-electron chi connectivity index (χ3n) is 3.71. The number of esters is 1. The van der Waals surface area contributed by atoms with E-state index in [1.54, 1.807) is 0 Å². The van der Waals surface area contributed by atoms with Gasteiger partial charge in [0.15, 0.2) is 0 Å². The van der Waals surface area contributed by atoms with Crippen LogP contribution in [0.5, 0.6) is 0 Å². The van der Waals surface area contributed by atoms with Crippen LogP contribution < -0.4 is 0 Å². The minimum atomic E-state index is -0.175. The molecule has 2 aliphatic heterocycles. The summed E-state index contributed by atoms with van der Waals surface area (Å²) >= 11 is 0. The van der Waals surface area contributed by atoms with Gasteiger partial charge in [0.05, 0.1) is 5.56 Å². The van der Waals surface area contributed by atoms with Gasteiger partial charge >= 0.3 is 5.97 Å². The molecule has 3 rings (SSSR count). The molecule has 1 atom stereocenters. The molecule has 0 amide bonds. The summed E-state index contributed by atoms with van der Waals surface area (Å²) in [6.45, 7) is 2.70. The Bertz CT molecular complexity index is 453. The number of carbonyl (C=O) groups is 1. The molecule has 3 nitrogen and oxygen atoms in total. The molecule has 90 valence electrons. The number of nitrogens with zero attached hydrogens (tertiary/aromatic N) is 1. The molecule has 2 heterocycles. The maximum absolute atomic E-state index is 11.4. The fraction of sp³-hybridized carbons (Fsp3) is 0.462. The summed E-state index contributed by atoms with van der Waals surface area (Å²) in [5, 5.41) is 0. The minimum Gasteiger partial charge on any atom is -0.457 e. The van der Waals surface area contributed by atoms with E-state index in [2.05, 4.69) is 26.2 Å². The van der Waals surface area contributed by atoms with Crippen LogP contribution in [0, 0.1) is 0 Å². The zero-order valence-corrected chi connectivity index (χ0v) is 10.8. The summed E-state index contributed by atoms with van der Waals surface area (Å²) in [4.78, 5) is 11.4. The Labute approximate surface area is 103 Å². The van der Waals surface area contributed by atoms with Gasteiger partial charge < -0.3 is 4.74 Å². The molecule has 0 saturated carbocycles. The molecule has 1 unspecified atom stereocenters. The Morgan fingerprint density at radius 3 is 2.82 bits per heavy atom. The van der Waals surface area contributed by atoms with Gasteiger partial charge in [-0.3, -0.25) is 4.67 Å². The molecule has 0 bridgehead atoms. The number of rotatable bonds is 1. The Morgan fingerprint density at radius 1 is 1.29 bits per heavy atom. The lowest BCUT2D eigenvalue weighted by Crippen LogP contribution is -2.24. The van der Waals surface area contributed by atoms with Crippen molar-refractivity contribution in [2.24, 2.45) is 0 Å². The molecule has 0 N–H and O–H groups in total. The Hall–Kier alpha value is -0.920. The molecule has 17 heavy (non-hydrogen) atoms. The van der Waals surface area contributed by atoms with Crippen LogP contribution in [0.4, 0.5) is 0 Å². The molecule has 2 aliphatic rings. The largest absolute Gasteiger partial charge is 0.457 e. The molecular formula is C13H16NO2P. The van der Waals surface area contributed by atoms with E-state index in [-0.39, 0.29) is 5.97 Å². The standard InChI is InChI=1S/C13H16NO2P/c15-13-12-2-1-10(7-11(12)8-16-13)9-3-5-14(17)6-4-9/h1-2,7,9H,3-6,8,17H2. The first kappa shape index (κ1) is 11.2. The number of cyclic esters (lactones) is 1. The fourth-order valence-corrected chi connectivity index (χ4v) is 2.94. The highest BCUT2D eigenvalue weighted by atomic mass is 31.0. The third kappa shape index (κ3) is 2.10. The number of ether oxygens (including phenoxy) is 1. The van der Waals surface area contributed by atoms with E-state index in [1.807, 2.05) is 6.07 Å². The molecule has 0 aromatic heterocycles. The summed E-state index contributed by atoms with van der Waals surface area (Å²) in [5.41, 5.74) is 3.16. The second kappa shape index (κ2) is 4.40. The van der Waals surface area contributed by atoms with Gasteiger partial charge in [-0.2, -0.15) is 0 Å². The molecule has 0 radical (unpaired) electrons. The van der Waals surface area contributed by atoms with Gasteiger partial charge in [0, 0.05) is 18.7 Å². The van der Waals surface area contributed by atoms with Gasteiger partial charge in [-0.1, -0.05) is 21.5 Å². The number of piperidine rings is 1. The van der Waals surface area contributed by atoms with E-state index in [4.69, 9.17) is 4.74 Å². The average Bonchev–Trinajstić information content (AvgIpc) is 2.72. The van der Waals surface area contributed by atoms with Crippen LogP contribution in [-0.2, 0) is 11.3 Å². The second-order valence-electron chi connectivity index (χ2n) is 4.80. The monoisotopic (exact) mass is 249 g/mol. The van der Waals surface area contributed by atoms with E-state index in [9.17, 15) is 4.79 Å². The fourth-order valence-electron chi connectivity index (χ4n) is 2.64. The topological polar surface area (TPSA) is 29.5 Å². The van der Waals surface area contributed by atoms with Crippen molar-refractivity contribution in [3.05, 3.63) is 34.9 Å². The van der Waals surface area contributed by atoms with Gasteiger partial charge in [-0.15, -0.1) is 0 Å². The van der Waals surface area contributed by atoms with Crippen molar-refractivity contribution in [3.63, 3.8) is 0 Å². The third-order valence-corrected chi connectivity index (χ3v) is 4.23. The zero-order valence-electron chi connectivity index (χ0n) is 9.69. The molecule has 1 aromatic carbocycles. The molecule has 0 aliphatic carbocycles. The first-order chi connectivity index (χ1) is 8.24. The maximum Gasteiger partial charge on any atom is 0.338 e. The van der Waals surface area contributed by atoms with Crippen molar-refractivity contribution in [2.45, 2.75) is 25.4 Å². The summed E-state index contributed by atoms with van der Waals surface area (Å²) in [6, 6.07) is 6.17. The van der Waals surface area contributed by atoms with Gasteiger partial charge in [0.2, 0.25) is 0 Å². The lowest BCUT2D eigenvalue weighted by molar-refractivity contribution is 0.0535. The molecule has 1 saturated heterocycles. The zero-order chi connectivity index (χ0) is 11.8. The number of carbonyl (C=O) groups excluding carboxylic acids is 1. The van der Waals surface area contributed by atoms with Gasteiger partial charge in [0.1, 0.15) is 6.61 Å². The van der Waals surface area contributed by atoms with E-state index >= 15 is 0 Å². The highest BCUT2D eigenvalue weighted by molar-refractivity contribution is 7.13. The predicted octanol–water partition coefficient (Wildman–Crippen LogP) is 2.33. The van der Waals surface area contributed by atoms with Crippen LogP contribution in [0.25, 0.3) is 0 Å². The average molecular weight is 249 g/mol. The highest BCUT2D eigenvalue weighted by Gasteiger charge is 2.24. The van der Waals surface area contributed by atoms with Crippen molar-refractivity contribution >= 4 is 15.4 Å². The summed E-state index contributed by atoms with van der Waals surface area (Å²) in [5.74, 6) is 0.458. The van der Waals surface area contributed by atoms with Crippen molar-refractivity contribution in [1.29, 1.82) is 0 Å². The van der Waals surface area contributed by atoms with Crippen LogP contribution in [0.3, 0.4) is 0 Å². The van der Waals surface area contributed by atoms with Crippen LogP contribution in [0.2, 0.25) is 0 Å². The lowest BCUT2D eigenvalue weighted by Gasteiger charge is -2.29. The van der Waals surface area contributed by atoms with Crippen LogP contribution >= 0.6 is 9.39 Å². The number of hydrogen-bond donors (Lipinski definition) is 0. The molecular weight excluding hydrogens is 233 g/mol. The maximum atomic E-state index is 11.4. The molecule has 1 fully saturated rings. The minimum absolute atomic E-state index is 0.175. The van der Waals surface area contributed by atoms with Crippen molar-refractivity contribution < 1.29 is 9.53 Å². The Morgan fingerprint density at radius 2 is 2.06 bits per heavy atom. The van der Waals surface area contributed by atoms with Gasteiger partial charge in [-0.25, -0.2) is 4.79 Å². The molecule has 0 spiro atoms. The second-order valence-corrected chi connectivity index (χ2v) is 5.53. The van der Waals surface area contributed by atoms with E-state index in [0.29, 0.717) is 12.5 Å². The van der Waals surface area contributed by atoms with Crippen LogP contribution in [0.1, 0.15) is 40.2 Å². The van der Waals surface area contributed by atoms with E-state index in [1.165, 1.54) is 18.4 Å². The van der Waals surface area contributed by atoms with Crippen molar-refractivity contribution in [1.82, 2.24) is 4.67 Å². The normalized spacial score (nSPS) is 21.4. The first-order valence-electron chi connectivity index (χ1n) is 6.03. The number of benzene rings is 1. The summed E-state index contributed by atoms with van der Waals surface area (Å²) in [6.07, 6.45) is 2.38. The van der Waals surface area contributed by atoms with Gasteiger partial charge in [0.25, 0.3) is 0 Å². The van der Waals surface area contributed by atoms with Crippen molar-refractivity contribution in [3.8, 4) is 0 Å². The predicted molar refractivity (Wildman–Crippen MR) is 68.8 cm³/mol. The smallest absolute Gasteiger partial charge is 0.338 e. The van der Waals surface area contributed by atoms with Crippen LogP contribution in [0.15, 0.2) is 18.2 Å². The highest BCUT2D eigenvalue weighted by Crippen LogP contribution is 2.31. The molecule has 4 heteroatoms. The number of fused-ring (bicyclic) bond motifs is 1. The van der Waals surface area contributed by atoms with Gasteiger partial charge in [-0.05, 0) is 30.4 Å². The van der Waals surface area contributed by atoms with Crippen LogP contribution in [-0.4, -0.2) is 23.7 Å². The molecule has 1 aromatic rings.